The third-order valence-electron chi connectivity index (χ3n) is 5.27. The zero-order valence-corrected chi connectivity index (χ0v) is 16.5. The van der Waals surface area contributed by atoms with E-state index >= 15 is 0 Å². The molecule has 148 valence electrons. The fourth-order valence-corrected chi connectivity index (χ4v) is 3.35. The molecular formula is C21H31N3O3. The van der Waals surface area contributed by atoms with Crippen molar-refractivity contribution in [2.75, 3.05) is 13.1 Å². The van der Waals surface area contributed by atoms with E-state index in [1.165, 1.54) is 0 Å². The summed E-state index contributed by atoms with van der Waals surface area (Å²) in [4.78, 5) is 39.2. The first-order chi connectivity index (χ1) is 13.0. The Kier molecular flexibility index (Phi) is 7.82. The first kappa shape index (κ1) is 20.9. The molecule has 0 bridgehead atoms. The molecule has 6 nitrogen and oxygen atoms in total. The third kappa shape index (κ3) is 5.81. The molecule has 2 atom stereocenters. The lowest BCUT2D eigenvalue weighted by molar-refractivity contribution is -0.132. The standard InChI is InChI=1S/C21H31N3O3/c1-4-15(3)22-21(27)19(23-20(26)17-9-7-6-8-10-17)16-11-13-24(14-12-16)18(25)5-2/h6-10,15-16,19H,4-5,11-14H2,1-3H3,(H,22,27)(H,23,26)/t15-,19+/m0/s1. The van der Waals surface area contributed by atoms with Crippen molar-refractivity contribution < 1.29 is 14.4 Å². The number of rotatable bonds is 7. The Hall–Kier alpha value is -2.37. The number of benzene rings is 1. The van der Waals surface area contributed by atoms with E-state index in [0.29, 0.717) is 37.9 Å². The second kappa shape index (κ2) is 10.1. The van der Waals surface area contributed by atoms with Crippen LogP contribution in [0.3, 0.4) is 0 Å². The number of nitrogens with one attached hydrogen (secondary N) is 2. The molecule has 1 aliphatic heterocycles. The second-order valence-corrected chi connectivity index (χ2v) is 7.21. The van der Waals surface area contributed by atoms with Gasteiger partial charge in [0.2, 0.25) is 11.8 Å². The highest BCUT2D eigenvalue weighted by molar-refractivity contribution is 5.97. The second-order valence-electron chi connectivity index (χ2n) is 7.21. The molecule has 0 unspecified atom stereocenters. The van der Waals surface area contributed by atoms with E-state index in [-0.39, 0.29) is 29.7 Å². The molecule has 0 radical (unpaired) electrons. The molecule has 1 heterocycles. The Balaban J connectivity index is 2.09. The van der Waals surface area contributed by atoms with Crippen LogP contribution >= 0.6 is 0 Å². The quantitative estimate of drug-likeness (QED) is 0.770. The summed E-state index contributed by atoms with van der Waals surface area (Å²) < 4.78 is 0. The van der Waals surface area contributed by atoms with Crippen LogP contribution < -0.4 is 10.6 Å². The highest BCUT2D eigenvalue weighted by atomic mass is 16.2. The number of likely N-dealkylation sites (tertiary alicyclic amines) is 1. The Morgan fingerprint density at radius 3 is 2.26 bits per heavy atom. The van der Waals surface area contributed by atoms with Gasteiger partial charge in [-0.2, -0.15) is 0 Å². The Morgan fingerprint density at radius 1 is 1.07 bits per heavy atom. The maximum atomic E-state index is 12.8. The smallest absolute Gasteiger partial charge is 0.251 e. The van der Waals surface area contributed by atoms with Gasteiger partial charge >= 0.3 is 0 Å². The summed E-state index contributed by atoms with van der Waals surface area (Å²) in [7, 11) is 0. The highest BCUT2D eigenvalue weighted by Gasteiger charge is 2.34. The summed E-state index contributed by atoms with van der Waals surface area (Å²) >= 11 is 0. The van der Waals surface area contributed by atoms with Crippen molar-refractivity contribution >= 4 is 17.7 Å². The highest BCUT2D eigenvalue weighted by Crippen LogP contribution is 2.22. The fourth-order valence-electron chi connectivity index (χ4n) is 3.35. The minimum atomic E-state index is -0.592. The van der Waals surface area contributed by atoms with E-state index in [9.17, 15) is 14.4 Å². The van der Waals surface area contributed by atoms with Crippen LogP contribution in [0.25, 0.3) is 0 Å². The van der Waals surface area contributed by atoms with E-state index in [4.69, 9.17) is 0 Å². The lowest BCUT2D eigenvalue weighted by Gasteiger charge is -2.36. The van der Waals surface area contributed by atoms with E-state index in [0.717, 1.165) is 6.42 Å². The molecule has 6 heteroatoms. The van der Waals surface area contributed by atoms with Crippen LogP contribution in [0, 0.1) is 5.92 Å². The average Bonchev–Trinajstić information content (AvgIpc) is 2.71. The average molecular weight is 373 g/mol. The van der Waals surface area contributed by atoms with E-state index < -0.39 is 6.04 Å². The van der Waals surface area contributed by atoms with Gasteiger partial charge < -0.3 is 15.5 Å². The number of carbonyl (C=O) groups is 3. The molecule has 1 fully saturated rings. The maximum absolute atomic E-state index is 12.8. The van der Waals surface area contributed by atoms with Crippen LogP contribution in [-0.4, -0.2) is 47.8 Å². The van der Waals surface area contributed by atoms with Gasteiger partial charge in [-0.05, 0) is 44.2 Å². The number of hydrogen-bond donors (Lipinski definition) is 2. The Morgan fingerprint density at radius 2 is 1.70 bits per heavy atom. The molecule has 0 saturated carbocycles. The number of carbonyl (C=O) groups excluding carboxylic acids is 3. The van der Waals surface area contributed by atoms with Crippen molar-refractivity contribution in [3.63, 3.8) is 0 Å². The van der Waals surface area contributed by atoms with Gasteiger partial charge in [-0.25, -0.2) is 0 Å². The van der Waals surface area contributed by atoms with Crippen molar-refractivity contribution in [3.05, 3.63) is 35.9 Å². The van der Waals surface area contributed by atoms with Crippen LogP contribution in [0.4, 0.5) is 0 Å². The predicted octanol–water partition coefficient (Wildman–Crippen LogP) is 2.35. The van der Waals surface area contributed by atoms with Gasteiger partial charge in [-0.1, -0.05) is 32.0 Å². The summed E-state index contributed by atoms with van der Waals surface area (Å²) in [5.74, 6) is -0.231. The largest absolute Gasteiger partial charge is 0.352 e. The van der Waals surface area contributed by atoms with Crippen LogP contribution in [0.1, 0.15) is 56.8 Å². The molecule has 27 heavy (non-hydrogen) atoms. The van der Waals surface area contributed by atoms with Gasteiger partial charge in [0.25, 0.3) is 5.91 Å². The van der Waals surface area contributed by atoms with Crippen molar-refractivity contribution in [2.24, 2.45) is 5.92 Å². The van der Waals surface area contributed by atoms with Gasteiger partial charge in [0.15, 0.2) is 0 Å². The van der Waals surface area contributed by atoms with Crippen LogP contribution in [0.5, 0.6) is 0 Å². The summed E-state index contributed by atoms with van der Waals surface area (Å²) in [6.07, 6.45) is 2.74. The summed E-state index contributed by atoms with van der Waals surface area (Å²) in [6, 6.07) is 8.39. The monoisotopic (exact) mass is 373 g/mol. The zero-order chi connectivity index (χ0) is 19.8. The van der Waals surface area contributed by atoms with Crippen molar-refractivity contribution in [1.82, 2.24) is 15.5 Å². The molecule has 1 saturated heterocycles. The van der Waals surface area contributed by atoms with Crippen molar-refractivity contribution in [3.8, 4) is 0 Å². The number of hydrogen-bond acceptors (Lipinski definition) is 3. The summed E-state index contributed by atoms with van der Waals surface area (Å²) in [6.45, 7) is 7.09. The predicted molar refractivity (Wildman–Crippen MR) is 105 cm³/mol. The van der Waals surface area contributed by atoms with Crippen molar-refractivity contribution in [2.45, 2.75) is 58.5 Å². The molecule has 1 aromatic rings. The maximum Gasteiger partial charge on any atom is 0.251 e. The SMILES string of the molecule is CCC(=O)N1CCC([C@@H](NC(=O)c2ccccc2)C(=O)N[C@@H](C)CC)CC1. The number of piperidine rings is 1. The lowest BCUT2D eigenvalue weighted by Crippen LogP contribution is -2.55. The molecule has 3 amide bonds. The van der Waals surface area contributed by atoms with Gasteiger partial charge in [-0.15, -0.1) is 0 Å². The minimum Gasteiger partial charge on any atom is -0.352 e. The number of nitrogens with zero attached hydrogens (tertiary/aromatic N) is 1. The van der Waals surface area contributed by atoms with Crippen LogP contribution in [0.2, 0.25) is 0 Å². The molecule has 2 rings (SSSR count). The number of amides is 3. The third-order valence-corrected chi connectivity index (χ3v) is 5.27. The normalized spacial score (nSPS) is 17.1. The molecule has 0 aliphatic carbocycles. The molecule has 0 spiro atoms. The van der Waals surface area contributed by atoms with E-state index in [1.54, 1.807) is 24.3 Å². The van der Waals surface area contributed by atoms with Gasteiger partial charge in [0.1, 0.15) is 6.04 Å². The molecule has 0 aromatic heterocycles. The van der Waals surface area contributed by atoms with Crippen LogP contribution in [0.15, 0.2) is 30.3 Å². The Labute approximate surface area is 161 Å². The topological polar surface area (TPSA) is 78.5 Å². The molecular weight excluding hydrogens is 342 g/mol. The first-order valence-corrected chi connectivity index (χ1v) is 9.90. The van der Waals surface area contributed by atoms with E-state index in [2.05, 4.69) is 10.6 Å². The van der Waals surface area contributed by atoms with Gasteiger partial charge in [0.05, 0.1) is 0 Å². The molecule has 2 N–H and O–H groups in total. The first-order valence-electron chi connectivity index (χ1n) is 9.90. The van der Waals surface area contributed by atoms with Crippen LogP contribution in [-0.2, 0) is 9.59 Å². The molecule has 1 aliphatic rings. The van der Waals surface area contributed by atoms with E-state index in [1.807, 2.05) is 31.7 Å². The summed E-state index contributed by atoms with van der Waals surface area (Å²) in [5.41, 5.74) is 0.539. The van der Waals surface area contributed by atoms with Crippen molar-refractivity contribution in [1.29, 1.82) is 0 Å². The van der Waals surface area contributed by atoms with Gasteiger partial charge in [0, 0.05) is 31.1 Å². The summed E-state index contributed by atoms with van der Waals surface area (Å²) in [5, 5.41) is 5.93. The molecule has 1 aromatic carbocycles. The lowest BCUT2D eigenvalue weighted by atomic mass is 9.88. The van der Waals surface area contributed by atoms with Gasteiger partial charge in [-0.3, -0.25) is 14.4 Å². The zero-order valence-electron chi connectivity index (χ0n) is 16.5. The minimum absolute atomic E-state index is 0.0163. The fraction of sp³-hybridized carbons (Fsp3) is 0.571. The Bertz CT molecular complexity index is 639.